The lowest BCUT2D eigenvalue weighted by molar-refractivity contribution is -0.149. The number of carbonyl (C=O) groups is 2. The van der Waals surface area contributed by atoms with Crippen LogP contribution in [0.5, 0.6) is 0 Å². The number of carboxylic acid groups (broad SMARTS) is 2. The molecule has 6 heteroatoms. The molecule has 0 aromatic carbocycles. The Balaban J connectivity index is 2.96. The molecule has 6 nitrogen and oxygen atoms in total. The van der Waals surface area contributed by atoms with Crippen LogP contribution in [0.4, 0.5) is 4.79 Å². The van der Waals surface area contributed by atoms with Crippen molar-refractivity contribution < 1.29 is 19.8 Å². The summed E-state index contributed by atoms with van der Waals surface area (Å²) in [4.78, 5) is 23.3. The molecule has 1 amide bonds. The van der Waals surface area contributed by atoms with Gasteiger partial charge in [0.25, 0.3) is 0 Å². The van der Waals surface area contributed by atoms with Gasteiger partial charge >= 0.3 is 12.1 Å². The van der Waals surface area contributed by atoms with Crippen LogP contribution in [0.1, 0.15) is 32.6 Å². The van der Waals surface area contributed by atoms with Gasteiger partial charge in [-0.1, -0.05) is 19.8 Å². The molecule has 0 saturated carbocycles. The van der Waals surface area contributed by atoms with Crippen LogP contribution >= 0.6 is 0 Å². The first kappa shape index (κ1) is 12.8. The second kappa shape index (κ2) is 4.69. The predicted molar refractivity (Wildman–Crippen MR) is 57.2 cm³/mol. The Labute approximate surface area is 94.0 Å². The van der Waals surface area contributed by atoms with Crippen molar-refractivity contribution in [2.45, 2.75) is 44.2 Å². The zero-order valence-corrected chi connectivity index (χ0v) is 9.35. The average Bonchev–Trinajstić information content (AvgIpc) is 2.54. The molecule has 0 aromatic rings. The van der Waals surface area contributed by atoms with Crippen LogP contribution in [-0.2, 0) is 4.79 Å². The highest BCUT2D eigenvalue weighted by atomic mass is 16.4. The molecular weight excluding hydrogens is 212 g/mol. The molecule has 1 fully saturated rings. The lowest BCUT2D eigenvalue weighted by Gasteiger charge is -2.32. The smallest absolute Gasteiger partial charge is 0.408 e. The third-order valence-corrected chi connectivity index (χ3v) is 3.11. The lowest BCUT2D eigenvalue weighted by Crippen LogP contribution is -2.52. The molecule has 1 rings (SSSR count). The van der Waals surface area contributed by atoms with Crippen molar-refractivity contribution in [3.63, 3.8) is 0 Å². The number of nitrogens with two attached hydrogens (primary N) is 1. The fourth-order valence-electron chi connectivity index (χ4n) is 2.29. The van der Waals surface area contributed by atoms with Gasteiger partial charge in [-0.2, -0.15) is 0 Å². The Bertz CT molecular complexity index is 295. The van der Waals surface area contributed by atoms with E-state index in [0.717, 1.165) is 11.3 Å². The maximum absolute atomic E-state index is 11.3. The molecule has 0 radical (unpaired) electrons. The fourth-order valence-corrected chi connectivity index (χ4v) is 2.29. The SMILES string of the molecule is CCCCC1(C(=O)O)CC(N)CN1C(=O)O. The van der Waals surface area contributed by atoms with Crippen molar-refractivity contribution in [1.82, 2.24) is 4.90 Å². The third kappa shape index (κ3) is 2.11. The highest BCUT2D eigenvalue weighted by molar-refractivity contribution is 5.84. The van der Waals surface area contributed by atoms with Gasteiger partial charge in [-0.3, -0.25) is 4.90 Å². The molecule has 0 aromatic heterocycles. The van der Waals surface area contributed by atoms with Crippen molar-refractivity contribution in [2.75, 3.05) is 6.54 Å². The summed E-state index contributed by atoms with van der Waals surface area (Å²) in [5, 5.41) is 18.3. The van der Waals surface area contributed by atoms with E-state index in [9.17, 15) is 14.7 Å². The van der Waals surface area contributed by atoms with Gasteiger partial charge in [-0.25, -0.2) is 9.59 Å². The van der Waals surface area contributed by atoms with Crippen LogP contribution in [0, 0.1) is 0 Å². The van der Waals surface area contributed by atoms with Gasteiger partial charge in [0, 0.05) is 12.6 Å². The standard InChI is InChI=1S/C10H18N2O4/c1-2-3-4-10(8(13)14)5-7(11)6-12(10)9(15)16/h7H,2-6,11H2,1H3,(H,13,14)(H,15,16). The van der Waals surface area contributed by atoms with E-state index in [-0.39, 0.29) is 19.0 Å². The van der Waals surface area contributed by atoms with E-state index < -0.39 is 17.6 Å². The topological polar surface area (TPSA) is 104 Å². The summed E-state index contributed by atoms with van der Waals surface area (Å²) < 4.78 is 0. The zero-order valence-electron chi connectivity index (χ0n) is 9.35. The molecule has 2 unspecified atom stereocenters. The van der Waals surface area contributed by atoms with E-state index >= 15 is 0 Å². The van der Waals surface area contributed by atoms with Gasteiger partial charge < -0.3 is 15.9 Å². The van der Waals surface area contributed by atoms with Crippen LogP contribution in [0.2, 0.25) is 0 Å². The highest BCUT2D eigenvalue weighted by Gasteiger charge is 2.52. The summed E-state index contributed by atoms with van der Waals surface area (Å²) in [6, 6.07) is -0.385. The fraction of sp³-hybridized carbons (Fsp3) is 0.800. The largest absolute Gasteiger partial charge is 0.479 e. The Morgan fingerprint density at radius 3 is 2.56 bits per heavy atom. The molecule has 1 aliphatic heterocycles. The first-order chi connectivity index (χ1) is 7.44. The van der Waals surface area contributed by atoms with Crippen LogP contribution in [0.3, 0.4) is 0 Å². The second-order valence-electron chi connectivity index (χ2n) is 4.30. The molecule has 1 aliphatic rings. The van der Waals surface area contributed by atoms with Gasteiger partial charge in [0.1, 0.15) is 5.54 Å². The first-order valence-corrected chi connectivity index (χ1v) is 5.43. The number of hydrogen-bond donors (Lipinski definition) is 3. The van der Waals surface area contributed by atoms with Crippen molar-refractivity contribution in [2.24, 2.45) is 5.73 Å². The number of likely N-dealkylation sites (tertiary alicyclic amines) is 1. The summed E-state index contributed by atoms with van der Waals surface area (Å²) in [5.41, 5.74) is 4.36. The number of aliphatic carboxylic acids is 1. The van der Waals surface area contributed by atoms with E-state index in [1.807, 2.05) is 6.92 Å². The summed E-state index contributed by atoms with van der Waals surface area (Å²) >= 11 is 0. The van der Waals surface area contributed by atoms with Gasteiger partial charge in [-0.05, 0) is 12.8 Å². The number of amides is 1. The first-order valence-electron chi connectivity index (χ1n) is 5.43. The average molecular weight is 230 g/mol. The molecule has 0 bridgehead atoms. The van der Waals surface area contributed by atoms with Crippen LogP contribution in [0.15, 0.2) is 0 Å². The van der Waals surface area contributed by atoms with Crippen molar-refractivity contribution in [3.8, 4) is 0 Å². The number of carboxylic acids is 1. The number of unbranched alkanes of at least 4 members (excludes halogenated alkanes) is 1. The Hall–Kier alpha value is -1.30. The van der Waals surface area contributed by atoms with Crippen LogP contribution < -0.4 is 5.73 Å². The monoisotopic (exact) mass is 230 g/mol. The van der Waals surface area contributed by atoms with Crippen LogP contribution in [0.25, 0.3) is 0 Å². The Kier molecular flexibility index (Phi) is 3.74. The molecule has 1 heterocycles. The van der Waals surface area contributed by atoms with Gasteiger partial charge in [0.05, 0.1) is 0 Å². The molecular formula is C10H18N2O4. The summed E-state index contributed by atoms with van der Waals surface area (Å²) in [7, 11) is 0. The quantitative estimate of drug-likeness (QED) is 0.659. The molecule has 92 valence electrons. The molecule has 0 aliphatic carbocycles. The summed E-state index contributed by atoms with van der Waals surface area (Å²) in [5.74, 6) is -1.09. The van der Waals surface area contributed by atoms with Crippen LogP contribution in [-0.4, -0.2) is 45.3 Å². The maximum atomic E-state index is 11.3. The number of hydrogen-bond acceptors (Lipinski definition) is 3. The molecule has 2 atom stereocenters. The Morgan fingerprint density at radius 1 is 1.50 bits per heavy atom. The van der Waals surface area contributed by atoms with Gasteiger partial charge in [0.15, 0.2) is 0 Å². The minimum atomic E-state index is -1.32. The number of nitrogens with zero attached hydrogens (tertiary/aromatic N) is 1. The maximum Gasteiger partial charge on any atom is 0.408 e. The predicted octanol–water partition coefficient (Wildman–Crippen LogP) is 0.711. The molecule has 1 saturated heterocycles. The minimum absolute atomic E-state index is 0.103. The zero-order chi connectivity index (χ0) is 12.3. The molecule has 4 N–H and O–H groups in total. The number of rotatable bonds is 4. The van der Waals surface area contributed by atoms with E-state index in [1.54, 1.807) is 0 Å². The summed E-state index contributed by atoms with van der Waals surface area (Å²) in [6.07, 6.45) is 0.847. The van der Waals surface area contributed by atoms with E-state index in [0.29, 0.717) is 12.8 Å². The molecule has 16 heavy (non-hydrogen) atoms. The van der Waals surface area contributed by atoms with Gasteiger partial charge in [-0.15, -0.1) is 0 Å². The highest BCUT2D eigenvalue weighted by Crippen LogP contribution is 2.34. The second-order valence-corrected chi connectivity index (χ2v) is 4.30. The van der Waals surface area contributed by atoms with Crippen molar-refractivity contribution >= 4 is 12.1 Å². The third-order valence-electron chi connectivity index (χ3n) is 3.11. The van der Waals surface area contributed by atoms with E-state index in [1.165, 1.54) is 0 Å². The van der Waals surface area contributed by atoms with Crippen molar-refractivity contribution in [3.05, 3.63) is 0 Å². The lowest BCUT2D eigenvalue weighted by atomic mass is 9.89. The van der Waals surface area contributed by atoms with Crippen molar-refractivity contribution in [1.29, 1.82) is 0 Å². The van der Waals surface area contributed by atoms with E-state index in [4.69, 9.17) is 10.8 Å². The minimum Gasteiger partial charge on any atom is -0.479 e. The normalized spacial score (nSPS) is 29.4. The van der Waals surface area contributed by atoms with E-state index in [2.05, 4.69) is 0 Å². The van der Waals surface area contributed by atoms with Gasteiger partial charge in [0.2, 0.25) is 0 Å². The Morgan fingerprint density at radius 2 is 2.12 bits per heavy atom. The molecule has 0 spiro atoms. The summed E-state index contributed by atoms with van der Waals surface area (Å²) in [6.45, 7) is 2.04.